The number of aliphatic hydroxyl groups is 1. The van der Waals surface area contributed by atoms with Crippen LogP contribution >= 0.6 is 11.6 Å². The van der Waals surface area contributed by atoms with Crippen LogP contribution in [0.2, 0.25) is 5.02 Å². The molecule has 0 saturated carbocycles. The van der Waals surface area contributed by atoms with Gasteiger partial charge in [-0.3, -0.25) is 9.59 Å². The molecule has 0 aliphatic heterocycles. The van der Waals surface area contributed by atoms with Gasteiger partial charge in [-0.05, 0) is 25.1 Å². The van der Waals surface area contributed by atoms with E-state index in [-0.39, 0.29) is 25.0 Å². The minimum absolute atomic E-state index is 0.0111. The van der Waals surface area contributed by atoms with E-state index in [1.165, 1.54) is 6.07 Å². The van der Waals surface area contributed by atoms with Crippen molar-refractivity contribution < 1.29 is 14.7 Å². The highest BCUT2D eigenvalue weighted by molar-refractivity contribution is 6.32. The van der Waals surface area contributed by atoms with Crippen LogP contribution in [0, 0.1) is 11.8 Å². The van der Waals surface area contributed by atoms with Gasteiger partial charge in [0.15, 0.2) is 0 Å². The molecule has 1 atom stereocenters. The summed E-state index contributed by atoms with van der Waals surface area (Å²) in [6.45, 7) is 1.68. The summed E-state index contributed by atoms with van der Waals surface area (Å²) in [7, 11) is 0. The van der Waals surface area contributed by atoms with E-state index < -0.39 is 5.91 Å². The van der Waals surface area contributed by atoms with E-state index in [0.717, 1.165) is 0 Å². The van der Waals surface area contributed by atoms with E-state index in [1.54, 1.807) is 19.1 Å². The zero-order chi connectivity index (χ0) is 15.8. The first-order valence-electron chi connectivity index (χ1n) is 6.42. The number of hydrogen-bond donors (Lipinski definition) is 3. The van der Waals surface area contributed by atoms with Gasteiger partial charge in [-0.15, -0.1) is 0 Å². The minimum Gasteiger partial charge on any atom is -0.395 e. The highest BCUT2D eigenvalue weighted by Crippen LogP contribution is 2.17. The van der Waals surface area contributed by atoms with Crippen molar-refractivity contribution in [2.24, 2.45) is 5.73 Å². The molecule has 0 aliphatic rings. The predicted octanol–water partition coefficient (Wildman–Crippen LogP) is 1.07. The normalized spacial score (nSPS) is 11.2. The van der Waals surface area contributed by atoms with Crippen LogP contribution in [-0.2, 0) is 4.79 Å². The predicted molar refractivity (Wildman–Crippen MR) is 80.8 cm³/mol. The number of carbonyl (C=O) groups excluding carboxylic acids is 2. The van der Waals surface area contributed by atoms with Crippen LogP contribution in [0.15, 0.2) is 18.2 Å². The first-order chi connectivity index (χ1) is 9.93. The molecular weight excluding hydrogens is 292 g/mol. The summed E-state index contributed by atoms with van der Waals surface area (Å²) in [5.74, 6) is 4.76. The maximum Gasteiger partial charge on any atom is 0.251 e. The van der Waals surface area contributed by atoms with Crippen molar-refractivity contribution in [3.05, 3.63) is 34.3 Å². The molecule has 1 aromatic rings. The van der Waals surface area contributed by atoms with Gasteiger partial charge in [-0.1, -0.05) is 23.4 Å². The van der Waals surface area contributed by atoms with Gasteiger partial charge >= 0.3 is 0 Å². The molecule has 0 radical (unpaired) electrons. The molecule has 2 amide bonds. The average molecular weight is 309 g/mol. The van der Waals surface area contributed by atoms with Crippen LogP contribution in [0.4, 0.5) is 0 Å². The third-order valence-electron chi connectivity index (χ3n) is 2.58. The van der Waals surface area contributed by atoms with Gasteiger partial charge < -0.3 is 16.2 Å². The zero-order valence-corrected chi connectivity index (χ0v) is 12.4. The Morgan fingerprint density at radius 2 is 2.19 bits per heavy atom. The molecule has 0 saturated heterocycles. The second-order valence-corrected chi connectivity index (χ2v) is 4.92. The van der Waals surface area contributed by atoms with Crippen molar-refractivity contribution in [3.63, 3.8) is 0 Å². The summed E-state index contributed by atoms with van der Waals surface area (Å²) in [4.78, 5) is 22.7. The molecule has 0 aliphatic carbocycles. The van der Waals surface area contributed by atoms with Gasteiger partial charge in [-0.25, -0.2) is 0 Å². The number of hydrogen-bond acceptors (Lipinski definition) is 3. The second-order valence-electron chi connectivity index (χ2n) is 4.51. The lowest BCUT2D eigenvalue weighted by atomic mass is 10.1. The van der Waals surface area contributed by atoms with Crippen molar-refractivity contribution in [3.8, 4) is 11.8 Å². The molecule has 21 heavy (non-hydrogen) atoms. The molecule has 0 spiro atoms. The SMILES string of the molecule is CC(CC(N)=O)NC(=O)c1ccc(C#CCCO)c(Cl)c1. The first kappa shape index (κ1) is 17.0. The highest BCUT2D eigenvalue weighted by atomic mass is 35.5. The molecule has 112 valence electrons. The van der Waals surface area contributed by atoms with Gasteiger partial charge in [0.05, 0.1) is 11.6 Å². The molecule has 0 fully saturated rings. The Kier molecular flexibility index (Phi) is 6.73. The molecule has 6 heteroatoms. The topological polar surface area (TPSA) is 92.4 Å². The van der Waals surface area contributed by atoms with E-state index >= 15 is 0 Å². The highest BCUT2D eigenvalue weighted by Gasteiger charge is 2.12. The standard InChI is InChI=1S/C15H17ClN2O3/c1-10(8-14(17)20)18-15(21)12-6-5-11(13(16)9-12)4-2-3-7-19/h5-6,9-10,19H,3,7-8H2,1H3,(H2,17,20)(H,18,21). The van der Waals surface area contributed by atoms with Crippen LogP contribution in [0.3, 0.4) is 0 Å². The molecule has 0 bridgehead atoms. The first-order valence-corrected chi connectivity index (χ1v) is 6.80. The molecule has 0 aromatic heterocycles. The minimum atomic E-state index is -0.477. The summed E-state index contributed by atoms with van der Waals surface area (Å²) < 4.78 is 0. The van der Waals surface area contributed by atoms with Crippen molar-refractivity contribution in [2.45, 2.75) is 25.8 Å². The summed E-state index contributed by atoms with van der Waals surface area (Å²) in [5, 5.41) is 11.7. The van der Waals surface area contributed by atoms with Crippen LogP contribution in [-0.4, -0.2) is 29.6 Å². The molecule has 1 rings (SSSR count). The smallest absolute Gasteiger partial charge is 0.251 e. The zero-order valence-electron chi connectivity index (χ0n) is 11.6. The third-order valence-corrected chi connectivity index (χ3v) is 2.89. The number of amides is 2. The molecule has 1 aromatic carbocycles. The van der Waals surface area contributed by atoms with Crippen molar-refractivity contribution in [1.29, 1.82) is 0 Å². The maximum absolute atomic E-state index is 12.0. The maximum atomic E-state index is 12.0. The Hall–Kier alpha value is -2.03. The van der Waals surface area contributed by atoms with E-state index in [0.29, 0.717) is 22.6 Å². The number of carbonyl (C=O) groups is 2. The Morgan fingerprint density at radius 3 is 2.76 bits per heavy atom. The Labute approximate surface area is 128 Å². The fourth-order valence-corrected chi connectivity index (χ4v) is 1.86. The summed E-state index contributed by atoms with van der Waals surface area (Å²) in [5.41, 5.74) is 6.03. The summed E-state index contributed by atoms with van der Waals surface area (Å²) in [6.07, 6.45) is 0.438. The van der Waals surface area contributed by atoms with Crippen LogP contribution in [0.5, 0.6) is 0 Å². The summed E-state index contributed by atoms with van der Waals surface area (Å²) in [6, 6.07) is 4.40. The monoisotopic (exact) mass is 308 g/mol. The fraction of sp³-hybridized carbons (Fsp3) is 0.333. The van der Waals surface area contributed by atoms with Crippen molar-refractivity contribution >= 4 is 23.4 Å². The van der Waals surface area contributed by atoms with Gasteiger partial charge in [0.25, 0.3) is 5.91 Å². The van der Waals surface area contributed by atoms with Gasteiger partial charge in [0.2, 0.25) is 5.91 Å². The van der Waals surface area contributed by atoms with E-state index in [1.807, 2.05) is 0 Å². The fourth-order valence-electron chi connectivity index (χ4n) is 1.63. The van der Waals surface area contributed by atoms with E-state index in [2.05, 4.69) is 17.2 Å². The van der Waals surface area contributed by atoms with Crippen LogP contribution < -0.4 is 11.1 Å². The van der Waals surface area contributed by atoms with Crippen LogP contribution in [0.25, 0.3) is 0 Å². The number of nitrogens with one attached hydrogen (secondary N) is 1. The van der Waals surface area contributed by atoms with Crippen LogP contribution in [0.1, 0.15) is 35.7 Å². The number of benzene rings is 1. The van der Waals surface area contributed by atoms with Crippen molar-refractivity contribution in [2.75, 3.05) is 6.61 Å². The number of rotatable bonds is 5. The Bertz CT molecular complexity index is 590. The largest absolute Gasteiger partial charge is 0.395 e. The Morgan fingerprint density at radius 1 is 1.48 bits per heavy atom. The molecule has 4 N–H and O–H groups in total. The van der Waals surface area contributed by atoms with Gasteiger partial charge in [0.1, 0.15) is 0 Å². The van der Waals surface area contributed by atoms with Gasteiger partial charge in [0, 0.05) is 30.0 Å². The Balaban J connectivity index is 2.77. The number of nitrogens with two attached hydrogens (primary N) is 1. The van der Waals surface area contributed by atoms with Crippen molar-refractivity contribution in [1.82, 2.24) is 5.32 Å². The lowest BCUT2D eigenvalue weighted by Crippen LogP contribution is -2.35. The van der Waals surface area contributed by atoms with E-state index in [4.69, 9.17) is 22.4 Å². The lowest BCUT2D eigenvalue weighted by Gasteiger charge is -2.12. The third kappa shape index (κ3) is 5.86. The number of aliphatic hydroxyl groups excluding tert-OH is 1. The molecular formula is C15H17ClN2O3. The number of primary amides is 1. The average Bonchev–Trinajstić information content (AvgIpc) is 2.39. The lowest BCUT2D eigenvalue weighted by molar-refractivity contribution is -0.118. The molecule has 5 nitrogen and oxygen atoms in total. The second kappa shape index (κ2) is 8.30. The quantitative estimate of drug-likeness (QED) is 0.710. The number of halogens is 1. The summed E-state index contributed by atoms with van der Waals surface area (Å²) >= 11 is 6.05. The van der Waals surface area contributed by atoms with Gasteiger partial charge in [-0.2, -0.15) is 0 Å². The van der Waals surface area contributed by atoms with E-state index in [9.17, 15) is 9.59 Å². The molecule has 1 unspecified atom stereocenters. The molecule has 0 heterocycles.